The van der Waals surface area contributed by atoms with Crippen LogP contribution in [0, 0.1) is 0 Å². The standard InChI is InChI=1S/C6H15N.C2H4O2/c1-4-5-6(2,3)7;1-2(3)4/h4-5,7H2,1-3H3;1H3,(H,3,4). The minimum absolute atomic E-state index is 0.0503. The van der Waals surface area contributed by atoms with Crippen LogP contribution in [0.25, 0.3) is 0 Å². The number of carboxylic acids is 1. The van der Waals surface area contributed by atoms with Gasteiger partial charge in [0.15, 0.2) is 0 Å². The van der Waals surface area contributed by atoms with Crippen LogP contribution < -0.4 is 5.73 Å². The molecule has 0 amide bonds. The maximum atomic E-state index is 9.00. The third-order valence-corrected chi connectivity index (χ3v) is 0.894. The summed E-state index contributed by atoms with van der Waals surface area (Å²) >= 11 is 0. The van der Waals surface area contributed by atoms with Crippen LogP contribution >= 0.6 is 0 Å². The van der Waals surface area contributed by atoms with E-state index in [1.165, 1.54) is 6.42 Å². The highest BCUT2D eigenvalue weighted by molar-refractivity contribution is 5.62. The molecule has 11 heavy (non-hydrogen) atoms. The predicted molar refractivity (Wildman–Crippen MR) is 46.5 cm³/mol. The van der Waals surface area contributed by atoms with E-state index in [0.29, 0.717) is 0 Å². The Hall–Kier alpha value is -0.570. The van der Waals surface area contributed by atoms with E-state index in [1.54, 1.807) is 0 Å². The van der Waals surface area contributed by atoms with Crippen LogP contribution in [0.2, 0.25) is 0 Å². The average molecular weight is 161 g/mol. The summed E-state index contributed by atoms with van der Waals surface area (Å²) in [6.07, 6.45) is 2.30. The third-order valence-electron chi connectivity index (χ3n) is 0.894. The summed E-state index contributed by atoms with van der Waals surface area (Å²) in [5.41, 5.74) is 5.70. The van der Waals surface area contributed by atoms with Crippen molar-refractivity contribution in [3.63, 3.8) is 0 Å². The van der Waals surface area contributed by atoms with E-state index in [1.807, 2.05) is 0 Å². The third kappa shape index (κ3) is 44.2. The molecule has 0 aromatic rings. The lowest BCUT2D eigenvalue weighted by atomic mass is 10.0. The fourth-order valence-corrected chi connectivity index (χ4v) is 0.644. The largest absolute Gasteiger partial charge is 0.481 e. The van der Waals surface area contributed by atoms with Gasteiger partial charge in [-0.05, 0) is 20.3 Å². The summed E-state index contributed by atoms with van der Waals surface area (Å²) in [6, 6.07) is 0. The van der Waals surface area contributed by atoms with E-state index in [9.17, 15) is 0 Å². The van der Waals surface area contributed by atoms with Gasteiger partial charge in [-0.1, -0.05) is 13.3 Å². The molecule has 68 valence electrons. The Morgan fingerprint density at radius 2 is 1.82 bits per heavy atom. The molecular formula is C8H19NO2. The summed E-state index contributed by atoms with van der Waals surface area (Å²) in [5.74, 6) is -0.833. The molecule has 0 bridgehead atoms. The normalized spacial score (nSPS) is 9.91. The molecule has 0 saturated heterocycles. The van der Waals surface area contributed by atoms with Crippen molar-refractivity contribution >= 4 is 5.97 Å². The molecule has 0 radical (unpaired) electrons. The van der Waals surface area contributed by atoms with Gasteiger partial charge in [0.2, 0.25) is 0 Å². The Kier molecular flexibility index (Phi) is 7.31. The van der Waals surface area contributed by atoms with Crippen LogP contribution in [-0.4, -0.2) is 16.6 Å². The SMILES string of the molecule is CC(=O)O.CCCC(C)(C)N. The quantitative estimate of drug-likeness (QED) is 0.646. The number of hydrogen-bond acceptors (Lipinski definition) is 2. The second-order valence-electron chi connectivity index (χ2n) is 3.26. The molecule has 3 nitrogen and oxygen atoms in total. The molecule has 0 aliphatic rings. The molecule has 0 aliphatic carbocycles. The van der Waals surface area contributed by atoms with Gasteiger partial charge in [0.1, 0.15) is 0 Å². The molecule has 3 N–H and O–H groups in total. The Balaban J connectivity index is 0. The van der Waals surface area contributed by atoms with E-state index < -0.39 is 5.97 Å². The highest BCUT2D eigenvalue weighted by atomic mass is 16.4. The number of carboxylic acid groups (broad SMARTS) is 1. The average Bonchev–Trinajstić information content (AvgIpc) is 1.58. The first-order valence-electron chi connectivity index (χ1n) is 3.78. The fraction of sp³-hybridized carbons (Fsp3) is 0.875. The van der Waals surface area contributed by atoms with Crippen molar-refractivity contribution in [3.8, 4) is 0 Å². The highest BCUT2D eigenvalue weighted by Crippen LogP contribution is 2.04. The van der Waals surface area contributed by atoms with Crippen LogP contribution in [0.3, 0.4) is 0 Å². The Labute approximate surface area is 68.6 Å². The zero-order valence-corrected chi connectivity index (χ0v) is 7.85. The summed E-state index contributed by atoms with van der Waals surface area (Å²) in [4.78, 5) is 9.00. The topological polar surface area (TPSA) is 63.3 Å². The first-order chi connectivity index (χ1) is 4.79. The second kappa shape index (κ2) is 6.16. The molecular weight excluding hydrogens is 142 g/mol. The molecule has 3 heteroatoms. The molecule has 0 aromatic heterocycles. The molecule has 0 heterocycles. The molecule has 0 aromatic carbocycles. The van der Waals surface area contributed by atoms with Crippen molar-refractivity contribution in [3.05, 3.63) is 0 Å². The van der Waals surface area contributed by atoms with Crippen molar-refractivity contribution in [2.75, 3.05) is 0 Å². The van der Waals surface area contributed by atoms with Crippen LogP contribution in [0.5, 0.6) is 0 Å². The maximum absolute atomic E-state index is 9.00. The Bertz CT molecular complexity index is 101. The van der Waals surface area contributed by atoms with Crippen LogP contribution in [0.4, 0.5) is 0 Å². The van der Waals surface area contributed by atoms with Gasteiger partial charge in [-0.2, -0.15) is 0 Å². The summed E-state index contributed by atoms with van der Waals surface area (Å²) in [6.45, 7) is 7.33. The number of carbonyl (C=O) groups is 1. The molecule has 0 saturated carbocycles. The van der Waals surface area contributed by atoms with Gasteiger partial charge in [-0.15, -0.1) is 0 Å². The zero-order chi connectivity index (χ0) is 9.49. The Morgan fingerprint density at radius 3 is 1.82 bits per heavy atom. The van der Waals surface area contributed by atoms with E-state index >= 15 is 0 Å². The van der Waals surface area contributed by atoms with E-state index in [4.69, 9.17) is 15.6 Å². The fourth-order valence-electron chi connectivity index (χ4n) is 0.644. The van der Waals surface area contributed by atoms with Crippen molar-refractivity contribution < 1.29 is 9.90 Å². The lowest BCUT2D eigenvalue weighted by Crippen LogP contribution is -2.31. The maximum Gasteiger partial charge on any atom is 0.300 e. The lowest BCUT2D eigenvalue weighted by molar-refractivity contribution is -0.134. The summed E-state index contributed by atoms with van der Waals surface area (Å²) in [5, 5.41) is 7.42. The van der Waals surface area contributed by atoms with Gasteiger partial charge in [0, 0.05) is 12.5 Å². The Morgan fingerprint density at radius 1 is 1.55 bits per heavy atom. The number of aliphatic carboxylic acids is 1. The number of rotatable bonds is 2. The van der Waals surface area contributed by atoms with Crippen molar-refractivity contribution in [1.29, 1.82) is 0 Å². The van der Waals surface area contributed by atoms with Gasteiger partial charge >= 0.3 is 0 Å². The van der Waals surface area contributed by atoms with E-state index in [2.05, 4.69) is 20.8 Å². The van der Waals surface area contributed by atoms with Gasteiger partial charge < -0.3 is 10.8 Å². The van der Waals surface area contributed by atoms with E-state index in [-0.39, 0.29) is 5.54 Å². The van der Waals surface area contributed by atoms with Crippen LogP contribution in [-0.2, 0) is 4.79 Å². The predicted octanol–water partition coefficient (Wildman–Crippen LogP) is 1.61. The molecule has 0 unspecified atom stereocenters. The first-order valence-corrected chi connectivity index (χ1v) is 3.78. The van der Waals surface area contributed by atoms with E-state index in [0.717, 1.165) is 13.3 Å². The van der Waals surface area contributed by atoms with Gasteiger partial charge in [0.25, 0.3) is 5.97 Å². The zero-order valence-electron chi connectivity index (χ0n) is 7.85. The molecule has 0 aliphatic heterocycles. The van der Waals surface area contributed by atoms with Crippen molar-refractivity contribution in [1.82, 2.24) is 0 Å². The van der Waals surface area contributed by atoms with Crippen LogP contribution in [0.15, 0.2) is 0 Å². The van der Waals surface area contributed by atoms with Crippen molar-refractivity contribution in [2.24, 2.45) is 5.73 Å². The molecule has 0 fully saturated rings. The first kappa shape index (κ1) is 13.1. The number of nitrogens with two attached hydrogens (primary N) is 1. The minimum atomic E-state index is -0.833. The highest BCUT2D eigenvalue weighted by Gasteiger charge is 2.06. The smallest absolute Gasteiger partial charge is 0.300 e. The number of hydrogen-bond donors (Lipinski definition) is 2. The van der Waals surface area contributed by atoms with Crippen LogP contribution in [0.1, 0.15) is 40.5 Å². The minimum Gasteiger partial charge on any atom is -0.481 e. The summed E-state index contributed by atoms with van der Waals surface area (Å²) < 4.78 is 0. The molecule has 0 atom stereocenters. The molecule has 0 rings (SSSR count). The molecule has 0 spiro atoms. The van der Waals surface area contributed by atoms with Gasteiger partial charge in [-0.25, -0.2) is 0 Å². The second-order valence-corrected chi connectivity index (χ2v) is 3.26. The lowest BCUT2D eigenvalue weighted by Gasteiger charge is -2.15. The van der Waals surface area contributed by atoms with Gasteiger partial charge in [0.05, 0.1) is 0 Å². The summed E-state index contributed by atoms with van der Waals surface area (Å²) in [7, 11) is 0. The van der Waals surface area contributed by atoms with Gasteiger partial charge in [-0.3, -0.25) is 4.79 Å². The monoisotopic (exact) mass is 161 g/mol. The van der Waals surface area contributed by atoms with Crippen molar-refractivity contribution in [2.45, 2.75) is 46.1 Å².